The zero-order valence-corrected chi connectivity index (χ0v) is 32.6. The lowest BCUT2D eigenvalue weighted by Gasteiger charge is -2.66. The molecule has 0 unspecified atom stereocenters. The third kappa shape index (κ3) is 4.60. The Hall–Kier alpha value is -6.38. The van der Waals surface area contributed by atoms with Crippen LogP contribution in [-0.2, 0) is 5.41 Å². The highest BCUT2D eigenvalue weighted by Crippen LogP contribution is 2.84. The van der Waals surface area contributed by atoms with E-state index in [9.17, 15) is 0 Å². The smallest absolute Gasteiger partial charge is 0.0541 e. The minimum atomic E-state index is 0.398. The average Bonchev–Trinajstić information content (AvgIpc) is 3.90. The maximum atomic E-state index is 2.49. The molecule has 0 N–H and O–H groups in total. The predicted molar refractivity (Wildman–Crippen MR) is 242 cm³/mol. The fraction of sp³-hybridized carbons (Fsp3) is 0.179. The molecule has 2 nitrogen and oxygen atoms in total. The van der Waals surface area contributed by atoms with Crippen molar-refractivity contribution < 1.29 is 0 Å². The van der Waals surface area contributed by atoms with Crippen molar-refractivity contribution in [3.63, 3.8) is 0 Å². The molecule has 2 bridgehead atoms. The first-order chi connectivity index (χ1) is 28.6. The number of hydrogen-bond donors (Lipinski definition) is 0. The van der Waals surface area contributed by atoms with Crippen LogP contribution in [0.3, 0.4) is 0 Å². The van der Waals surface area contributed by atoms with Crippen molar-refractivity contribution in [2.45, 2.75) is 37.5 Å². The van der Waals surface area contributed by atoms with Crippen LogP contribution in [0.25, 0.3) is 60.5 Å². The summed E-state index contributed by atoms with van der Waals surface area (Å²) in [5.74, 6) is 3.01. The van der Waals surface area contributed by atoms with Gasteiger partial charge in [0.05, 0.1) is 11.0 Å². The van der Waals surface area contributed by atoms with Crippen LogP contribution < -0.4 is 4.90 Å². The van der Waals surface area contributed by atoms with Crippen molar-refractivity contribution in [1.82, 2.24) is 4.57 Å². The van der Waals surface area contributed by atoms with Gasteiger partial charge in [-0.05, 0) is 166 Å². The van der Waals surface area contributed by atoms with E-state index in [0.29, 0.717) is 5.41 Å². The van der Waals surface area contributed by atoms with Crippen LogP contribution in [0.15, 0.2) is 188 Å². The Bertz CT molecular complexity index is 3010. The molecule has 4 aliphatic rings. The van der Waals surface area contributed by atoms with E-state index in [2.05, 4.69) is 198 Å². The van der Waals surface area contributed by atoms with Crippen LogP contribution in [0.4, 0.5) is 17.1 Å². The van der Waals surface area contributed by atoms with Crippen LogP contribution in [0.1, 0.15) is 37.7 Å². The summed E-state index contributed by atoms with van der Waals surface area (Å²) in [6.07, 6.45) is 7.26. The van der Waals surface area contributed by atoms with Crippen molar-refractivity contribution in [2.24, 2.45) is 23.2 Å². The molecule has 1 heterocycles. The Labute approximate surface area is 340 Å². The van der Waals surface area contributed by atoms with Crippen molar-refractivity contribution in [3.05, 3.63) is 194 Å². The zero-order valence-electron chi connectivity index (χ0n) is 32.6. The Morgan fingerprint density at radius 3 is 1.71 bits per heavy atom. The van der Waals surface area contributed by atoms with Gasteiger partial charge in [-0.25, -0.2) is 0 Å². The second-order valence-corrected chi connectivity index (χ2v) is 18.0. The van der Waals surface area contributed by atoms with Crippen molar-refractivity contribution in [2.75, 3.05) is 4.90 Å². The number of para-hydroxylation sites is 2. The van der Waals surface area contributed by atoms with E-state index in [1.54, 1.807) is 5.56 Å². The van der Waals surface area contributed by atoms with Crippen molar-refractivity contribution in [1.29, 1.82) is 0 Å². The molecule has 8 aromatic carbocycles. The highest BCUT2D eigenvalue weighted by molar-refractivity contribution is 6.09. The Kier molecular flexibility index (Phi) is 6.80. The summed E-state index contributed by atoms with van der Waals surface area (Å²) in [4.78, 5) is 2.45. The van der Waals surface area contributed by atoms with Crippen LogP contribution in [0, 0.1) is 23.2 Å². The molecule has 2 heteroatoms. The molecule has 0 amide bonds. The highest BCUT2D eigenvalue weighted by atomic mass is 15.1. The number of nitrogens with zero attached hydrogens (tertiary/aromatic N) is 2. The molecule has 9 aromatic rings. The van der Waals surface area contributed by atoms with Gasteiger partial charge in [0.15, 0.2) is 0 Å². The van der Waals surface area contributed by atoms with Gasteiger partial charge in [0, 0.05) is 33.5 Å². The SMILES string of the molecule is c1cc(-c2ccc3ccccc3c2)cc(N(c2ccc(-c3cccc(-n4c5ccccc5c5ccccc54)c3)cc2)c2ccc(C34C[C@@H]5CC6C[C@@H](C3)C65C4)cc2)c1. The van der Waals surface area contributed by atoms with E-state index in [4.69, 9.17) is 0 Å². The molecule has 58 heavy (non-hydrogen) atoms. The first-order valence-corrected chi connectivity index (χ1v) is 21.3. The Morgan fingerprint density at radius 1 is 0.431 bits per heavy atom. The third-order valence-corrected chi connectivity index (χ3v) is 15.4. The molecule has 1 aromatic heterocycles. The van der Waals surface area contributed by atoms with Gasteiger partial charge in [-0.2, -0.15) is 0 Å². The van der Waals surface area contributed by atoms with E-state index < -0.39 is 0 Å². The van der Waals surface area contributed by atoms with E-state index in [1.807, 2.05) is 0 Å². The minimum absolute atomic E-state index is 0.398. The third-order valence-electron chi connectivity index (χ3n) is 15.4. The summed E-state index contributed by atoms with van der Waals surface area (Å²) in [6, 6.07) is 70.1. The monoisotopic (exact) mass is 744 g/mol. The number of fused-ring (bicyclic) bond motifs is 5. The lowest BCUT2D eigenvalue weighted by molar-refractivity contribution is -0.175. The topological polar surface area (TPSA) is 8.17 Å². The Balaban J connectivity index is 0.884. The van der Waals surface area contributed by atoms with Crippen molar-refractivity contribution >= 4 is 49.6 Å². The van der Waals surface area contributed by atoms with Gasteiger partial charge < -0.3 is 9.47 Å². The predicted octanol–water partition coefficient (Wildman–Crippen LogP) is 14.8. The summed E-state index contributed by atoms with van der Waals surface area (Å²) in [5.41, 5.74) is 14.7. The molecule has 0 aliphatic heterocycles. The first kappa shape index (κ1) is 32.7. The van der Waals surface area contributed by atoms with Crippen LogP contribution in [-0.4, -0.2) is 4.57 Å². The molecule has 4 fully saturated rings. The second-order valence-electron chi connectivity index (χ2n) is 18.0. The molecule has 4 aliphatic carbocycles. The maximum Gasteiger partial charge on any atom is 0.0541 e. The van der Waals surface area contributed by atoms with E-state index in [-0.39, 0.29) is 0 Å². The molecular formula is C56H44N2. The largest absolute Gasteiger partial charge is 0.310 e. The molecule has 13 rings (SSSR count). The van der Waals surface area contributed by atoms with Gasteiger partial charge in [-0.1, -0.05) is 121 Å². The summed E-state index contributed by atoms with van der Waals surface area (Å²) in [5, 5.41) is 5.10. The molecular weight excluding hydrogens is 701 g/mol. The molecule has 0 radical (unpaired) electrons. The number of benzene rings is 8. The fourth-order valence-corrected chi connectivity index (χ4v) is 12.8. The lowest BCUT2D eigenvalue weighted by Crippen LogP contribution is -2.59. The number of anilines is 3. The van der Waals surface area contributed by atoms with Crippen molar-refractivity contribution in [3.8, 4) is 27.9 Å². The summed E-state index contributed by atoms with van der Waals surface area (Å²) >= 11 is 0. The van der Waals surface area contributed by atoms with E-state index in [1.165, 1.54) is 98.3 Å². The molecule has 0 saturated heterocycles. The van der Waals surface area contributed by atoms with Gasteiger partial charge in [-0.15, -0.1) is 0 Å². The van der Waals surface area contributed by atoms with Gasteiger partial charge in [-0.3, -0.25) is 0 Å². The van der Waals surface area contributed by atoms with Gasteiger partial charge >= 0.3 is 0 Å². The second kappa shape index (κ2) is 12.1. The first-order valence-electron chi connectivity index (χ1n) is 21.3. The summed E-state index contributed by atoms with van der Waals surface area (Å²) in [7, 11) is 0. The highest BCUT2D eigenvalue weighted by Gasteiger charge is 2.77. The maximum absolute atomic E-state index is 2.49. The van der Waals surface area contributed by atoms with Gasteiger partial charge in [0.25, 0.3) is 0 Å². The van der Waals surface area contributed by atoms with E-state index in [0.717, 1.165) is 34.5 Å². The van der Waals surface area contributed by atoms with Crippen LogP contribution >= 0.6 is 0 Å². The van der Waals surface area contributed by atoms with Crippen LogP contribution in [0.2, 0.25) is 0 Å². The van der Waals surface area contributed by atoms with Crippen LogP contribution in [0.5, 0.6) is 0 Å². The number of rotatable bonds is 7. The summed E-state index contributed by atoms with van der Waals surface area (Å²) < 4.78 is 2.40. The molecule has 278 valence electrons. The average molecular weight is 745 g/mol. The standard InChI is InChI=1S/C56H44N2/c1-2-10-39-29-42(20-19-37(39)9-1)41-12-8-13-49(31-41)57(48-27-23-43(24-28-48)55-34-45-32-44-33-46(35-55)56(44,45)36-55)47-25-21-38(22-26-47)40-11-7-14-50(30-40)58-53-17-5-3-15-51(53)52-16-4-6-18-54(52)58/h1-31,44-46H,32-36H2/t44?,45-,46-,55?,56?/m0/s1. The van der Waals surface area contributed by atoms with Gasteiger partial charge in [0.2, 0.25) is 0 Å². The quantitative estimate of drug-likeness (QED) is 0.158. The molecule has 1 spiro atoms. The van der Waals surface area contributed by atoms with E-state index >= 15 is 0 Å². The number of hydrogen-bond acceptors (Lipinski definition) is 1. The Morgan fingerprint density at radius 2 is 1.02 bits per heavy atom. The normalized spacial score (nSPS) is 23.8. The minimum Gasteiger partial charge on any atom is -0.310 e. The van der Waals surface area contributed by atoms with Gasteiger partial charge in [0.1, 0.15) is 0 Å². The molecule has 4 saturated carbocycles. The lowest BCUT2D eigenvalue weighted by atomic mass is 9.38. The zero-order chi connectivity index (χ0) is 38.0. The number of aromatic nitrogens is 1. The fourth-order valence-electron chi connectivity index (χ4n) is 12.8. The molecule has 2 atom stereocenters. The summed E-state index contributed by atoms with van der Waals surface area (Å²) in [6.45, 7) is 0.